The molecule has 24 heavy (non-hydrogen) atoms. The highest BCUT2D eigenvalue weighted by atomic mass is 16.3. The number of aliphatic hydroxyl groups is 1. The van der Waals surface area contributed by atoms with Crippen LogP contribution in [-0.4, -0.2) is 30.1 Å². The van der Waals surface area contributed by atoms with Gasteiger partial charge < -0.3 is 16.2 Å². The molecule has 0 saturated carbocycles. The Labute approximate surface area is 144 Å². The van der Waals surface area contributed by atoms with E-state index < -0.39 is 11.8 Å². The summed E-state index contributed by atoms with van der Waals surface area (Å²) in [5.41, 5.74) is 6.48. The number of nitrogens with two attached hydrogens (primary N) is 1. The van der Waals surface area contributed by atoms with Gasteiger partial charge in [0, 0.05) is 13.2 Å². The highest BCUT2D eigenvalue weighted by molar-refractivity contribution is 5.99. The third-order valence-corrected chi connectivity index (χ3v) is 4.11. The van der Waals surface area contributed by atoms with Crippen LogP contribution in [0, 0.1) is 5.92 Å². The number of hydrogen-bond acceptors (Lipinski definition) is 3. The fourth-order valence-electron chi connectivity index (χ4n) is 2.64. The standard InChI is InChI=1S/C19H30N2O3/c20-18(23)17(13-12-16-10-6-5-7-11-16)19(24)21-14-8-3-1-2-4-9-15-22/h5-7,10-11,17,22H,1-4,8-9,12-15H2,(H2,20,23)(H,21,24). The van der Waals surface area contributed by atoms with Crippen LogP contribution in [0.5, 0.6) is 0 Å². The van der Waals surface area contributed by atoms with Crippen molar-refractivity contribution in [1.82, 2.24) is 5.32 Å². The van der Waals surface area contributed by atoms with Gasteiger partial charge >= 0.3 is 0 Å². The smallest absolute Gasteiger partial charge is 0.232 e. The lowest BCUT2D eigenvalue weighted by Crippen LogP contribution is -2.39. The minimum Gasteiger partial charge on any atom is -0.396 e. The van der Waals surface area contributed by atoms with E-state index in [0.29, 0.717) is 19.4 Å². The molecule has 134 valence electrons. The number of rotatable bonds is 13. The van der Waals surface area contributed by atoms with Crippen molar-refractivity contribution >= 4 is 11.8 Å². The monoisotopic (exact) mass is 334 g/mol. The van der Waals surface area contributed by atoms with Crippen molar-refractivity contribution in [3.05, 3.63) is 35.9 Å². The predicted octanol–water partition coefficient (Wildman–Crippen LogP) is 2.17. The van der Waals surface area contributed by atoms with Gasteiger partial charge in [0.15, 0.2) is 0 Å². The Hall–Kier alpha value is -1.88. The summed E-state index contributed by atoms with van der Waals surface area (Å²) < 4.78 is 0. The first-order chi connectivity index (χ1) is 11.6. The van der Waals surface area contributed by atoms with Gasteiger partial charge in [-0.2, -0.15) is 0 Å². The number of amides is 2. The van der Waals surface area contributed by atoms with Crippen molar-refractivity contribution in [3.63, 3.8) is 0 Å². The summed E-state index contributed by atoms with van der Waals surface area (Å²) in [4.78, 5) is 23.7. The van der Waals surface area contributed by atoms with Gasteiger partial charge in [0.2, 0.25) is 11.8 Å². The molecule has 4 N–H and O–H groups in total. The van der Waals surface area contributed by atoms with Gasteiger partial charge in [0.25, 0.3) is 0 Å². The number of unbranched alkanes of at least 4 members (excludes halogenated alkanes) is 5. The first-order valence-corrected chi connectivity index (χ1v) is 8.87. The molecule has 1 aromatic rings. The quantitative estimate of drug-likeness (QED) is 0.381. The number of carbonyl (C=O) groups is 2. The molecule has 1 unspecified atom stereocenters. The number of primary amides is 1. The highest BCUT2D eigenvalue weighted by Gasteiger charge is 2.23. The van der Waals surface area contributed by atoms with Gasteiger partial charge in [-0.1, -0.05) is 56.0 Å². The van der Waals surface area contributed by atoms with Gasteiger partial charge in [-0.15, -0.1) is 0 Å². The first kappa shape index (κ1) is 20.2. The minimum atomic E-state index is -0.769. The maximum Gasteiger partial charge on any atom is 0.232 e. The average Bonchev–Trinajstić information content (AvgIpc) is 2.58. The summed E-state index contributed by atoms with van der Waals surface area (Å²) in [6.45, 7) is 0.835. The van der Waals surface area contributed by atoms with Gasteiger partial charge in [-0.3, -0.25) is 9.59 Å². The number of aryl methyl sites for hydroxylation is 1. The lowest BCUT2D eigenvalue weighted by Gasteiger charge is -2.13. The first-order valence-electron chi connectivity index (χ1n) is 8.87. The van der Waals surface area contributed by atoms with Gasteiger partial charge in [0.1, 0.15) is 5.92 Å². The van der Waals surface area contributed by atoms with Crippen LogP contribution < -0.4 is 11.1 Å². The summed E-state index contributed by atoms with van der Waals surface area (Å²) in [6.07, 6.45) is 7.15. The van der Waals surface area contributed by atoms with E-state index in [2.05, 4.69) is 5.32 Å². The minimum absolute atomic E-state index is 0.257. The summed E-state index contributed by atoms with van der Waals surface area (Å²) in [5.74, 6) is -1.60. The van der Waals surface area contributed by atoms with E-state index in [1.165, 1.54) is 0 Å². The zero-order valence-electron chi connectivity index (χ0n) is 14.4. The zero-order valence-corrected chi connectivity index (χ0v) is 14.4. The second-order valence-corrected chi connectivity index (χ2v) is 6.12. The molecule has 0 heterocycles. The van der Waals surface area contributed by atoms with Crippen molar-refractivity contribution in [2.45, 2.75) is 51.4 Å². The maximum absolute atomic E-state index is 12.1. The van der Waals surface area contributed by atoms with Crippen LogP contribution in [0.4, 0.5) is 0 Å². The van der Waals surface area contributed by atoms with Crippen LogP contribution in [-0.2, 0) is 16.0 Å². The van der Waals surface area contributed by atoms with Crippen LogP contribution in [0.3, 0.4) is 0 Å². The molecule has 5 nitrogen and oxygen atoms in total. The van der Waals surface area contributed by atoms with Crippen molar-refractivity contribution in [3.8, 4) is 0 Å². The summed E-state index contributed by atoms with van der Waals surface area (Å²) in [7, 11) is 0. The third-order valence-electron chi connectivity index (χ3n) is 4.11. The fraction of sp³-hybridized carbons (Fsp3) is 0.579. The van der Waals surface area contributed by atoms with Crippen molar-refractivity contribution in [2.24, 2.45) is 11.7 Å². The molecule has 0 bridgehead atoms. The molecule has 0 aromatic heterocycles. The Kier molecular flexibility index (Phi) is 10.5. The lowest BCUT2D eigenvalue weighted by molar-refractivity contribution is -0.133. The molecule has 2 amide bonds. The average molecular weight is 334 g/mol. The number of carbonyl (C=O) groups excluding carboxylic acids is 2. The number of benzene rings is 1. The summed E-state index contributed by atoms with van der Waals surface area (Å²) in [6, 6.07) is 9.77. The largest absolute Gasteiger partial charge is 0.396 e. The maximum atomic E-state index is 12.1. The lowest BCUT2D eigenvalue weighted by atomic mass is 9.98. The number of nitrogens with one attached hydrogen (secondary N) is 1. The molecule has 0 fully saturated rings. The molecule has 0 aliphatic rings. The van der Waals surface area contributed by atoms with Gasteiger partial charge in [-0.05, 0) is 31.2 Å². The Morgan fingerprint density at radius 3 is 2.25 bits per heavy atom. The SMILES string of the molecule is NC(=O)C(CCc1ccccc1)C(=O)NCCCCCCCCO. The van der Waals surface area contributed by atoms with E-state index in [9.17, 15) is 9.59 Å². The fourth-order valence-corrected chi connectivity index (χ4v) is 2.64. The molecule has 1 aromatic carbocycles. The van der Waals surface area contributed by atoms with E-state index in [4.69, 9.17) is 10.8 Å². The van der Waals surface area contributed by atoms with Gasteiger partial charge in [0.05, 0.1) is 0 Å². The second-order valence-electron chi connectivity index (χ2n) is 6.12. The molecular formula is C19H30N2O3. The van der Waals surface area contributed by atoms with E-state index in [-0.39, 0.29) is 12.5 Å². The van der Waals surface area contributed by atoms with E-state index in [1.807, 2.05) is 30.3 Å². The Bertz CT molecular complexity index is 477. The molecule has 1 rings (SSSR count). The summed E-state index contributed by atoms with van der Waals surface area (Å²) >= 11 is 0. The Balaban J connectivity index is 2.22. The molecule has 0 aliphatic carbocycles. The van der Waals surface area contributed by atoms with Crippen molar-refractivity contribution < 1.29 is 14.7 Å². The Morgan fingerprint density at radius 2 is 1.62 bits per heavy atom. The van der Waals surface area contributed by atoms with Crippen molar-refractivity contribution in [2.75, 3.05) is 13.2 Å². The van der Waals surface area contributed by atoms with E-state index in [1.54, 1.807) is 0 Å². The van der Waals surface area contributed by atoms with Gasteiger partial charge in [-0.25, -0.2) is 0 Å². The van der Waals surface area contributed by atoms with Crippen LogP contribution in [0.2, 0.25) is 0 Å². The topological polar surface area (TPSA) is 92.4 Å². The molecule has 5 heteroatoms. The number of aliphatic hydroxyl groups excluding tert-OH is 1. The van der Waals surface area contributed by atoms with Crippen LogP contribution >= 0.6 is 0 Å². The van der Waals surface area contributed by atoms with E-state index >= 15 is 0 Å². The normalized spacial score (nSPS) is 11.9. The van der Waals surface area contributed by atoms with Crippen LogP contribution in [0.25, 0.3) is 0 Å². The van der Waals surface area contributed by atoms with Crippen molar-refractivity contribution in [1.29, 1.82) is 0 Å². The highest BCUT2D eigenvalue weighted by Crippen LogP contribution is 2.10. The van der Waals surface area contributed by atoms with Crippen LogP contribution in [0.15, 0.2) is 30.3 Å². The summed E-state index contributed by atoms with van der Waals surface area (Å²) in [5, 5.41) is 11.5. The molecule has 0 aliphatic heterocycles. The third kappa shape index (κ3) is 8.67. The molecular weight excluding hydrogens is 304 g/mol. The molecule has 1 atom stereocenters. The van der Waals surface area contributed by atoms with Crippen LogP contribution in [0.1, 0.15) is 50.5 Å². The second kappa shape index (κ2) is 12.5. The number of hydrogen-bond donors (Lipinski definition) is 3. The Morgan fingerprint density at radius 1 is 1.00 bits per heavy atom. The molecule has 0 saturated heterocycles. The molecule has 0 spiro atoms. The zero-order chi connectivity index (χ0) is 17.6. The van der Waals surface area contributed by atoms with E-state index in [0.717, 1.165) is 44.1 Å². The predicted molar refractivity (Wildman–Crippen MR) is 95.2 cm³/mol. The molecule has 0 radical (unpaired) electrons.